The topological polar surface area (TPSA) is 53.0 Å². The van der Waals surface area contributed by atoms with Crippen molar-refractivity contribution in [2.24, 2.45) is 0 Å². The Morgan fingerprint density at radius 1 is 0.971 bits per heavy atom. The minimum Gasteiger partial charge on any atom is -0.445 e. The van der Waals surface area contributed by atoms with Crippen LogP contribution in [0.4, 0.5) is 4.79 Å². The molecule has 0 aliphatic carbocycles. The molecule has 1 aliphatic rings. The number of amides is 1. The Morgan fingerprint density at radius 2 is 1.71 bits per heavy atom. The highest BCUT2D eigenvalue weighted by molar-refractivity contribution is 7.19. The number of fused-ring (bicyclic) bond motifs is 1. The molecule has 5 rings (SSSR count). The van der Waals surface area contributed by atoms with Gasteiger partial charge in [-0.1, -0.05) is 72.3 Å². The summed E-state index contributed by atoms with van der Waals surface area (Å²) < 4.78 is 6.77. The normalized spacial score (nSPS) is 17.9. The van der Waals surface area contributed by atoms with Crippen LogP contribution >= 0.6 is 22.9 Å². The summed E-state index contributed by atoms with van der Waals surface area (Å²) in [5.74, 6) is 0. The van der Waals surface area contributed by atoms with Crippen LogP contribution in [0.1, 0.15) is 16.0 Å². The van der Waals surface area contributed by atoms with Gasteiger partial charge in [-0.25, -0.2) is 4.79 Å². The third-order valence-corrected chi connectivity index (χ3v) is 7.68. The van der Waals surface area contributed by atoms with E-state index in [9.17, 15) is 9.90 Å². The molecule has 3 aromatic carbocycles. The molecule has 1 saturated heterocycles. The number of likely N-dealkylation sites (tertiary alicyclic amines) is 1. The number of hydrogen-bond donors (Lipinski definition) is 1. The minimum absolute atomic E-state index is 0.208. The molecule has 0 spiro atoms. The minimum atomic E-state index is -0.666. The van der Waals surface area contributed by atoms with Gasteiger partial charge in [0.2, 0.25) is 0 Å². The van der Waals surface area contributed by atoms with Gasteiger partial charge >= 0.3 is 6.09 Å². The van der Waals surface area contributed by atoms with Crippen LogP contribution in [0.3, 0.4) is 0 Å². The number of ether oxygens (including phenoxy) is 1. The maximum absolute atomic E-state index is 12.8. The number of aliphatic hydroxyl groups excluding tert-OH is 1. The highest BCUT2D eigenvalue weighted by Gasteiger charge is 2.38. The first-order valence-corrected chi connectivity index (χ1v) is 12.8. The van der Waals surface area contributed by atoms with Crippen LogP contribution < -0.4 is 0 Å². The van der Waals surface area contributed by atoms with Gasteiger partial charge in [0.05, 0.1) is 18.7 Å². The van der Waals surface area contributed by atoms with Crippen molar-refractivity contribution in [2.75, 3.05) is 13.1 Å². The van der Waals surface area contributed by atoms with Crippen LogP contribution in [-0.4, -0.2) is 46.2 Å². The summed E-state index contributed by atoms with van der Waals surface area (Å²) in [4.78, 5) is 17.8. The van der Waals surface area contributed by atoms with Crippen molar-refractivity contribution in [3.8, 4) is 0 Å². The van der Waals surface area contributed by atoms with Crippen molar-refractivity contribution in [1.29, 1.82) is 0 Å². The largest absolute Gasteiger partial charge is 0.445 e. The van der Waals surface area contributed by atoms with Gasteiger partial charge < -0.3 is 14.7 Å². The van der Waals surface area contributed by atoms with E-state index in [4.69, 9.17) is 16.3 Å². The van der Waals surface area contributed by atoms with E-state index in [0.29, 0.717) is 24.7 Å². The predicted molar refractivity (Wildman–Crippen MR) is 141 cm³/mol. The quantitative estimate of drug-likeness (QED) is 0.337. The summed E-state index contributed by atoms with van der Waals surface area (Å²) in [6.07, 6.45) is -1.07. The van der Waals surface area contributed by atoms with E-state index in [0.717, 1.165) is 11.1 Å². The summed E-state index contributed by atoms with van der Waals surface area (Å²) in [6, 6.07) is 27.7. The molecule has 0 radical (unpaired) electrons. The first-order chi connectivity index (χ1) is 17.0. The van der Waals surface area contributed by atoms with Gasteiger partial charge in [-0.2, -0.15) is 0 Å². The molecule has 2 atom stereocenters. The van der Waals surface area contributed by atoms with Gasteiger partial charge in [-0.15, -0.1) is 11.3 Å². The number of hydrogen-bond acceptors (Lipinski definition) is 5. The maximum atomic E-state index is 12.8. The summed E-state index contributed by atoms with van der Waals surface area (Å²) in [6.45, 7) is 2.19. The van der Waals surface area contributed by atoms with E-state index in [1.807, 2.05) is 66.7 Å². The molecule has 180 valence electrons. The average Bonchev–Trinajstić information content (AvgIpc) is 3.47. The number of nitrogens with zero attached hydrogens (tertiary/aromatic N) is 2. The van der Waals surface area contributed by atoms with Crippen molar-refractivity contribution in [1.82, 2.24) is 9.80 Å². The highest BCUT2D eigenvalue weighted by atomic mass is 35.5. The van der Waals surface area contributed by atoms with E-state index in [-0.39, 0.29) is 19.2 Å². The first kappa shape index (κ1) is 23.8. The van der Waals surface area contributed by atoms with E-state index in [1.165, 1.54) is 15.0 Å². The second kappa shape index (κ2) is 10.8. The van der Waals surface area contributed by atoms with Crippen LogP contribution in [0.25, 0.3) is 10.1 Å². The van der Waals surface area contributed by atoms with Crippen molar-refractivity contribution < 1.29 is 14.6 Å². The Bertz CT molecular complexity index is 1250. The monoisotopic (exact) mass is 506 g/mol. The molecular formula is C28H27ClN2O3S. The molecule has 2 heterocycles. The smallest absolute Gasteiger partial charge is 0.410 e. The molecule has 1 amide bonds. The van der Waals surface area contributed by atoms with E-state index in [1.54, 1.807) is 16.2 Å². The van der Waals surface area contributed by atoms with Gasteiger partial charge in [0.25, 0.3) is 0 Å². The van der Waals surface area contributed by atoms with E-state index < -0.39 is 12.2 Å². The lowest BCUT2D eigenvalue weighted by atomic mass is 10.1. The Hall–Kier alpha value is -2.90. The molecule has 5 nitrogen and oxygen atoms in total. The number of halogens is 1. The fraction of sp³-hybridized carbons (Fsp3) is 0.250. The van der Waals surface area contributed by atoms with Gasteiger partial charge in [-0.05, 0) is 40.8 Å². The molecule has 1 aromatic heterocycles. The second-order valence-corrected chi connectivity index (χ2v) is 10.5. The molecule has 1 aliphatic heterocycles. The molecule has 4 aromatic rings. The zero-order chi connectivity index (χ0) is 24.2. The highest BCUT2D eigenvalue weighted by Crippen LogP contribution is 2.29. The molecule has 7 heteroatoms. The molecule has 1 fully saturated rings. The lowest BCUT2D eigenvalue weighted by molar-refractivity contribution is 0.0735. The molecular weight excluding hydrogens is 480 g/mol. The number of benzene rings is 3. The zero-order valence-electron chi connectivity index (χ0n) is 19.2. The summed E-state index contributed by atoms with van der Waals surface area (Å²) in [7, 11) is 0. The first-order valence-electron chi connectivity index (χ1n) is 11.6. The second-order valence-electron chi connectivity index (χ2n) is 8.86. The summed E-state index contributed by atoms with van der Waals surface area (Å²) in [5.41, 5.74) is 2.04. The van der Waals surface area contributed by atoms with Crippen LogP contribution in [0.15, 0.2) is 84.9 Å². The number of carbonyl (C=O) groups excluding carboxylic acids is 1. The molecule has 35 heavy (non-hydrogen) atoms. The standard InChI is InChI=1S/C28H27ClN2O3S/c29-23-12-10-20(11-13-23)15-30(16-24-14-22-8-4-5-9-27(22)35-24)25-17-31(18-26(25)32)28(33)34-19-21-6-2-1-3-7-21/h1-14,25-26,32H,15-19H2/t25-,26-/m1/s1. The Balaban J connectivity index is 1.31. The van der Waals surface area contributed by atoms with Gasteiger partial charge in [0.15, 0.2) is 0 Å². The third kappa shape index (κ3) is 5.85. The maximum Gasteiger partial charge on any atom is 0.410 e. The molecule has 0 saturated carbocycles. The zero-order valence-corrected chi connectivity index (χ0v) is 20.8. The van der Waals surface area contributed by atoms with E-state index >= 15 is 0 Å². The Kier molecular flexibility index (Phi) is 7.35. The lowest BCUT2D eigenvalue weighted by Crippen LogP contribution is -2.42. The van der Waals surface area contributed by atoms with Crippen LogP contribution in [0.2, 0.25) is 5.02 Å². The summed E-state index contributed by atoms with van der Waals surface area (Å²) in [5, 5.41) is 12.9. The van der Waals surface area contributed by atoms with Crippen molar-refractivity contribution in [3.63, 3.8) is 0 Å². The van der Waals surface area contributed by atoms with Gasteiger partial charge in [0, 0.05) is 34.2 Å². The van der Waals surface area contributed by atoms with Crippen LogP contribution in [0.5, 0.6) is 0 Å². The van der Waals surface area contributed by atoms with Crippen LogP contribution in [0, 0.1) is 0 Å². The summed E-state index contributed by atoms with van der Waals surface area (Å²) >= 11 is 7.85. The van der Waals surface area contributed by atoms with Crippen LogP contribution in [-0.2, 0) is 24.4 Å². The Labute approximate surface area is 214 Å². The number of carbonyl (C=O) groups is 1. The SMILES string of the molecule is O=C(OCc1ccccc1)N1C[C@@H](O)[C@H](N(Cc2ccc(Cl)cc2)Cc2cc3ccccc3s2)C1. The number of aliphatic hydroxyl groups is 1. The molecule has 0 bridgehead atoms. The molecule has 0 unspecified atom stereocenters. The predicted octanol–water partition coefficient (Wildman–Crippen LogP) is 5.94. The number of β-amino-alcohol motifs (C(OH)–C–C–N with tert-alkyl or cyclic N) is 1. The van der Waals surface area contributed by atoms with Crippen molar-refractivity contribution >= 4 is 39.1 Å². The van der Waals surface area contributed by atoms with Gasteiger partial charge in [0.1, 0.15) is 6.61 Å². The van der Waals surface area contributed by atoms with Gasteiger partial charge in [-0.3, -0.25) is 4.90 Å². The number of thiophene rings is 1. The fourth-order valence-electron chi connectivity index (χ4n) is 4.52. The average molecular weight is 507 g/mol. The van der Waals surface area contributed by atoms with Crippen molar-refractivity contribution in [2.45, 2.75) is 31.8 Å². The molecule has 1 N–H and O–H groups in total. The van der Waals surface area contributed by atoms with E-state index in [2.05, 4.69) is 23.1 Å². The number of rotatable bonds is 7. The fourth-order valence-corrected chi connectivity index (χ4v) is 5.73. The third-order valence-electron chi connectivity index (χ3n) is 6.33. The lowest BCUT2D eigenvalue weighted by Gasteiger charge is -2.30. The Morgan fingerprint density at radius 3 is 2.49 bits per heavy atom. The van der Waals surface area contributed by atoms with Crippen molar-refractivity contribution in [3.05, 3.63) is 106 Å².